The van der Waals surface area contributed by atoms with Crippen LogP contribution in [0.1, 0.15) is 27.0 Å². The monoisotopic (exact) mass is 488 g/mol. The zero-order chi connectivity index (χ0) is 24.3. The van der Waals surface area contributed by atoms with Crippen LogP contribution >= 0.6 is 7.82 Å². The smallest absolute Gasteiger partial charge is 0.485 e. The van der Waals surface area contributed by atoms with Crippen molar-refractivity contribution >= 4 is 14.1 Å². The number of phosphoric ester groups is 1. The highest BCUT2D eigenvalue weighted by Gasteiger charge is 2.30. The predicted molar refractivity (Wildman–Crippen MR) is 133 cm³/mol. The molecule has 0 spiro atoms. The third-order valence-electron chi connectivity index (χ3n) is 5.02. The second-order valence-electron chi connectivity index (χ2n) is 7.65. The molecule has 178 valence electrons. The second kappa shape index (κ2) is 12.1. The van der Waals surface area contributed by atoms with Gasteiger partial charge in [-0.05, 0) is 34.9 Å². The molecule has 0 aliphatic heterocycles. The van der Waals surface area contributed by atoms with E-state index in [1.807, 2.05) is 91.0 Å². The Morgan fingerprint density at radius 3 is 1.57 bits per heavy atom. The number of ether oxygens (including phenoxy) is 1. The first-order chi connectivity index (χ1) is 17.1. The highest BCUT2D eigenvalue weighted by molar-refractivity contribution is 7.48. The fraction of sp³-hybridized carbons (Fsp3) is 0.107. The van der Waals surface area contributed by atoms with Gasteiger partial charge in [0.15, 0.2) is 11.5 Å². The van der Waals surface area contributed by atoms with Crippen LogP contribution in [0.3, 0.4) is 0 Å². The summed E-state index contributed by atoms with van der Waals surface area (Å²) in [5, 5.41) is 0. The van der Waals surface area contributed by atoms with E-state index in [0.29, 0.717) is 11.8 Å². The minimum absolute atomic E-state index is 0.0273. The van der Waals surface area contributed by atoms with Crippen molar-refractivity contribution in [2.75, 3.05) is 0 Å². The first-order valence-electron chi connectivity index (χ1n) is 11.1. The molecule has 4 aromatic rings. The lowest BCUT2D eigenvalue weighted by Crippen LogP contribution is -2.05. The van der Waals surface area contributed by atoms with Crippen molar-refractivity contribution < 1.29 is 27.7 Å². The second-order valence-corrected chi connectivity index (χ2v) is 9.25. The molecule has 0 aliphatic rings. The van der Waals surface area contributed by atoms with Crippen LogP contribution in [0.15, 0.2) is 109 Å². The third kappa shape index (κ3) is 7.39. The van der Waals surface area contributed by atoms with Gasteiger partial charge in [-0.3, -0.25) is 13.8 Å². The molecule has 0 bridgehead atoms. The van der Waals surface area contributed by atoms with E-state index in [9.17, 15) is 9.36 Å². The Labute approximate surface area is 204 Å². The number of aldehydes is 1. The molecule has 0 heterocycles. The molecule has 7 heteroatoms. The van der Waals surface area contributed by atoms with Crippen LogP contribution < -0.4 is 9.26 Å². The van der Waals surface area contributed by atoms with E-state index < -0.39 is 7.82 Å². The Bertz CT molecular complexity index is 1220. The van der Waals surface area contributed by atoms with E-state index in [-0.39, 0.29) is 31.3 Å². The summed E-state index contributed by atoms with van der Waals surface area (Å²) in [7, 11) is -4.09. The average molecular weight is 488 g/mol. The Morgan fingerprint density at radius 2 is 1.09 bits per heavy atom. The molecule has 0 atom stereocenters. The van der Waals surface area contributed by atoms with Crippen LogP contribution in [0.5, 0.6) is 11.5 Å². The summed E-state index contributed by atoms with van der Waals surface area (Å²) in [6, 6.07) is 32.8. The largest absolute Gasteiger partial charge is 0.530 e. The van der Waals surface area contributed by atoms with Crippen molar-refractivity contribution in [2.45, 2.75) is 19.8 Å². The van der Waals surface area contributed by atoms with Crippen molar-refractivity contribution in [2.24, 2.45) is 0 Å². The minimum atomic E-state index is -4.09. The average Bonchev–Trinajstić information content (AvgIpc) is 2.92. The van der Waals surface area contributed by atoms with Gasteiger partial charge < -0.3 is 9.26 Å². The van der Waals surface area contributed by atoms with Gasteiger partial charge >= 0.3 is 7.82 Å². The molecule has 0 aliphatic carbocycles. The number of benzene rings is 4. The number of carbonyl (C=O) groups is 1. The van der Waals surface area contributed by atoms with E-state index in [1.165, 1.54) is 12.1 Å². The summed E-state index contributed by atoms with van der Waals surface area (Å²) in [5.74, 6) is 0.404. The van der Waals surface area contributed by atoms with Gasteiger partial charge in [0.25, 0.3) is 0 Å². The summed E-state index contributed by atoms with van der Waals surface area (Å²) in [6.07, 6.45) is 0.705. The number of carbonyl (C=O) groups excluding carboxylic acids is 1. The first kappa shape index (κ1) is 24.4. The zero-order valence-electron chi connectivity index (χ0n) is 19.0. The van der Waals surface area contributed by atoms with Gasteiger partial charge in [-0.15, -0.1) is 0 Å². The topological polar surface area (TPSA) is 71.1 Å². The summed E-state index contributed by atoms with van der Waals surface area (Å²) in [4.78, 5) is 11.3. The molecule has 0 saturated carbocycles. The van der Waals surface area contributed by atoms with Crippen LogP contribution in [0.2, 0.25) is 0 Å². The van der Waals surface area contributed by atoms with Crippen LogP contribution in [-0.4, -0.2) is 6.29 Å². The summed E-state index contributed by atoms with van der Waals surface area (Å²) in [6.45, 7) is 0.290. The molecule has 0 fully saturated rings. The third-order valence-corrected chi connectivity index (χ3v) is 6.33. The van der Waals surface area contributed by atoms with Gasteiger partial charge in [0.05, 0.1) is 13.2 Å². The van der Waals surface area contributed by atoms with Crippen molar-refractivity contribution in [3.8, 4) is 11.5 Å². The molecule has 35 heavy (non-hydrogen) atoms. The van der Waals surface area contributed by atoms with Gasteiger partial charge in [0, 0.05) is 5.56 Å². The normalized spacial score (nSPS) is 11.1. The highest BCUT2D eigenvalue weighted by atomic mass is 31.2. The van der Waals surface area contributed by atoms with E-state index in [4.69, 9.17) is 18.3 Å². The molecular weight excluding hydrogens is 463 g/mol. The van der Waals surface area contributed by atoms with Crippen LogP contribution in [0.25, 0.3) is 0 Å². The number of phosphoric acid groups is 1. The van der Waals surface area contributed by atoms with E-state index in [0.717, 1.165) is 16.7 Å². The van der Waals surface area contributed by atoms with Crippen LogP contribution in [0, 0.1) is 0 Å². The molecular formula is C28H25O6P. The van der Waals surface area contributed by atoms with Gasteiger partial charge in [0.1, 0.15) is 12.9 Å². The fourth-order valence-corrected chi connectivity index (χ4v) is 4.37. The Kier molecular flexibility index (Phi) is 8.47. The lowest BCUT2D eigenvalue weighted by molar-refractivity contribution is 0.112. The fourth-order valence-electron chi connectivity index (χ4n) is 3.19. The summed E-state index contributed by atoms with van der Waals surface area (Å²) >= 11 is 0. The Morgan fingerprint density at radius 1 is 0.600 bits per heavy atom. The molecule has 0 unspecified atom stereocenters. The Balaban J connectivity index is 1.56. The van der Waals surface area contributed by atoms with Gasteiger partial charge in [-0.1, -0.05) is 91.0 Å². The van der Waals surface area contributed by atoms with E-state index in [2.05, 4.69) is 0 Å². The quantitative estimate of drug-likeness (QED) is 0.158. The van der Waals surface area contributed by atoms with Gasteiger partial charge in [0.2, 0.25) is 0 Å². The minimum Gasteiger partial charge on any atom is -0.485 e. The van der Waals surface area contributed by atoms with Gasteiger partial charge in [-0.2, -0.15) is 0 Å². The maximum Gasteiger partial charge on any atom is 0.530 e. The highest BCUT2D eigenvalue weighted by Crippen LogP contribution is 2.53. The summed E-state index contributed by atoms with van der Waals surface area (Å²) < 4.78 is 36.9. The van der Waals surface area contributed by atoms with Crippen molar-refractivity contribution in [1.29, 1.82) is 0 Å². The summed E-state index contributed by atoms with van der Waals surface area (Å²) in [5.41, 5.74) is 2.96. The maximum atomic E-state index is 13.7. The number of hydrogen-bond acceptors (Lipinski definition) is 6. The lowest BCUT2D eigenvalue weighted by Gasteiger charge is -2.21. The van der Waals surface area contributed by atoms with Crippen molar-refractivity contribution in [3.63, 3.8) is 0 Å². The molecule has 0 radical (unpaired) electrons. The van der Waals surface area contributed by atoms with E-state index >= 15 is 0 Å². The lowest BCUT2D eigenvalue weighted by atomic mass is 10.2. The Hall–Kier alpha value is -3.70. The molecule has 6 nitrogen and oxygen atoms in total. The van der Waals surface area contributed by atoms with Crippen molar-refractivity contribution in [1.82, 2.24) is 0 Å². The molecule has 0 amide bonds. The molecule has 4 rings (SSSR count). The van der Waals surface area contributed by atoms with Crippen LogP contribution in [-0.2, 0) is 33.4 Å². The zero-order valence-corrected chi connectivity index (χ0v) is 19.9. The SMILES string of the molecule is O=Cc1ccc(OP(=O)(OCc2ccccc2)OCc2ccccc2)c(OCc2ccccc2)c1. The first-order valence-corrected chi connectivity index (χ1v) is 12.5. The predicted octanol–water partition coefficient (Wildman–Crippen LogP) is 7.00. The number of rotatable bonds is 12. The van der Waals surface area contributed by atoms with Crippen LogP contribution in [0.4, 0.5) is 0 Å². The maximum absolute atomic E-state index is 13.7. The molecule has 0 N–H and O–H groups in total. The standard InChI is InChI=1S/C28H25O6P/c29-19-26-16-17-27(28(18-26)31-20-23-10-4-1-5-11-23)34-35(30,32-21-24-12-6-2-7-13-24)33-22-25-14-8-3-9-15-25/h1-19H,20-22H2. The number of hydrogen-bond donors (Lipinski definition) is 0. The molecule has 0 saturated heterocycles. The molecule has 4 aromatic carbocycles. The van der Waals surface area contributed by atoms with Gasteiger partial charge in [-0.25, -0.2) is 4.57 Å². The van der Waals surface area contributed by atoms with Crippen molar-refractivity contribution in [3.05, 3.63) is 131 Å². The van der Waals surface area contributed by atoms with E-state index in [1.54, 1.807) is 6.07 Å². The molecule has 0 aromatic heterocycles.